The molecule has 0 aromatic heterocycles. The molecule has 0 fully saturated rings. The summed E-state index contributed by atoms with van der Waals surface area (Å²) in [5.41, 5.74) is 0.866. The van der Waals surface area contributed by atoms with Crippen molar-refractivity contribution in [3.8, 4) is 0 Å². The molecule has 1 aliphatic rings. The number of hydrogen-bond acceptors (Lipinski definition) is 3. The van der Waals surface area contributed by atoms with Crippen LogP contribution in [-0.4, -0.2) is 18.7 Å². The summed E-state index contributed by atoms with van der Waals surface area (Å²) >= 11 is 0. The van der Waals surface area contributed by atoms with Crippen LogP contribution in [0.25, 0.3) is 0 Å². The highest BCUT2D eigenvalue weighted by Gasteiger charge is 2.42. The van der Waals surface area contributed by atoms with E-state index in [4.69, 9.17) is 0 Å². The van der Waals surface area contributed by atoms with Crippen molar-refractivity contribution < 1.29 is 23.1 Å². The molecule has 0 saturated carbocycles. The van der Waals surface area contributed by atoms with Gasteiger partial charge in [-0.1, -0.05) is 12.1 Å². The number of aliphatic carboxylic acids is 1. The lowest BCUT2D eigenvalue weighted by Gasteiger charge is -2.29. The zero-order valence-electron chi connectivity index (χ0n) is 9.38. The van der Waals surface area contributed by atoms with Crippen molar-refractivity contribution in [1.82, 2.24) is 0 Å². The quantitative estimate of drug-likeness (QED) is 0.873. The summed E-state index contributed by atoms with van der Waals surface area (Å²) in [7, 11) is 0. The summed E-state index contributed by atoms with van der Waals surface area (Å²) in [4.78, 5) is 10.5. The Hall–Kier alpha value is -1.72. The molecule has 0 amide bonds. The summed E-state index contributed by atoms with van der Waals surface area (Å²) < 4.78 is 38.6. The molecule has 2 rings (SSSR count). The van der Waals surface area contributed by atoms with Gasteiger partial charge in [-0.3, -0.25) is 0 Å². The normalized spacial score (nSPS) is 18.9. The van der Waals surface area contributed by atoms with Crippen LogP contribution < -0.4 is 10.4 Å². The second-order valence-corrected chi connectivity index (χ2v) is 4.28. The number of fused-ring (bicyclic) bond motifs is 1. The van der Waals surface area contributed by atoms with E-state index in [0.29, 0.717) is 11.3 Å². The van der Waals surface area contributed by atoms with Crippen LogP contribution in [0.5, 0.6) is 0 Å². The van der Waals surface area contributed by atoms with Crippen molar-refractivity contribution in [2.24, 2.45) is 0 Å². The van der Waals surface area contributed by atoms with Gasteiger partial charge in [0.05, 0.1) is 5.92 Å². The molecule has 1 aromatic rings. The minimum Gasteiger partial charge on any atom is -0.550 e. The summed E-state index contributed by atoms with van der Waals surface area (Å²) in [5.74, 6) is -2.84. The van der Waals surface area contributed by atoms with E-state index in [1.807, 2.05) is 0 Å². The Morgan fingerprint density at radius 3 is 2.78 bits per heavy atom. The van der Waals surface area contributed by atoms with Crippen molar-refractivity contribution in [1.29, 1.82) is 0 Å². The predicted molar refractivity (Wildman–Crippen MR) is 57.1 cm³/mol. The zero-order valence-corrected chi connectivity index (χ0v) is 9.38. The average Bonchev–Trinajstić information content (AvgIpc) is 2.26. The SMILES string of the molecule is O=C([O-])Cc1ccc2c(c1)C(C(F)(F)F)CCN2. The molecule has 1 unspecified atom stereocenters. The van der Waals surface area contributed by atoms with Crippen LogP contribution >= 0.6 is 0 Å². The number of alkyl halides is 3. The standard InChI is InChI=1S/C12H12F3NO2/c13-12(14,15)9-3-4-16-10-2-1-7(5-8(9)10)6-11(17)18/h1-2,5,9,16H,3-4,6H2,(H,17,18)/p-1. The fraction of sp³-hybridized carbons (Fsp3) is 0.417. The molecule has 1 N–H and O–H groups in total. The van der Waals surface area contributed by atoms with E-state index in [2.05, 4.69) is 5.32 Å². The molecule has 18 heavy (non-hydrogen) atoms. The average molecular weight is 258 g/mol. The van der Waals surface area contributed by atoms with Crippen LogP contribution in [-0.2, 0) is 11.2 Å². The fourth-order valence-electron chi connectivity index (χ4n) is 2.18. The van der Waals surface area contributed by atoms with E-state index in [9.17, 15) is 23.1 Å². The number of halogens is 3. The highest BCUT2D eigenvalue weighted by atomic mass is 19.4. The number of hydrogen-bond donors (Lipinski definition) is 1. The third-order valence-electron chi connectivity index (χ3n) is 2.98. The number of nitrogens with one attached hydrogen (secondary N) is 1. The summed E-state index contributed by atoms with van der Waals surface area (Å²) in [6.07, 6.45) is -4.72. The number of rotatable bonds is 2. The van der Waals surface area contributed by atoms with Gasteiger partial charge in [-0.15, -0.1) is 0 Å². The molecule has 0 aliphatic carbocycles. The van der Waals surface area contributed by atoms with E-state index in [1.54, 1.807) is 0 Å². The lowest BCUT2D eigenvalue weighted by Crippen LogP contribution is -2.29. The Bertz CT molecular complexity index is 471. The molecule has 1 atom stereocenters. The van der Waals surface area contributed by atoms with Crippen LogP contribution in [0.4, 0.5) is 18.9 Å². The summed E-state index contributed by atoms with van der Waals surface area (Å²) in [6.45, 7) is 0.261. The molecule has 0 saturated heterocycles. The Kier molecular flexibility index (Phi) is 3.19. The van der Waals surface area contributed by atoms with Crippen molar-refractivity contribution in [2.45, 2.75) is 24.9 Å². The Morgan fingerprint density at radius 1 is 1.44 bits per heavy atom. The summed E-state index contributed by atoms with van der Waals surface area (Å²) in [5, 5.41) is 13.3. The largest absolute Gasteiger partial charge is 0.550 e. The Morgan fingerprint density at radius 2 is 2.17 bits per heavy atom. The Balaban J connectivity index is 2.38. The number of carboxylic acid groups (broad SMARTS) is 1. The first kappa shape index (κ1) is 12.7. The Labute approximate surface area is 102 Å². The third-order valence-corrected chi connectivity index (χ3v) is 2.98. The highest BCUT2D eigenvalue weighted by Crippen LogP contribution is 2.43. The van der Waals surface area contributed by atoms with Crippen molar-refractivity contribution >= 4 is 11.7 Å². The number of carbonyl (C=O) groups excluding carboxylic acids is 1. The fourth-order valence-corrected chi connectivity index (χ4v) is 2.18. The van der Waals surface area contributed by atoms with Gasteiger partial charge in [0.15, 0.2) is 0 Å². The van der Waals surface area contributed by atoms with Crippen LogP contribution in [0.15, 0.2) is 18.2 Å². The van der Waals surface area contributed by atoms with Gasteiger partial charge in [-0.2, -0.15) is 13.2 Å². The smallest absolute Gasteiger partial charge is 0.395 e. The van der Waals surface area contributed by atoms with Crippen LogP contribution in [0.2, 0.25) is 0 Å². The molecule has 0 spiro atoms. The van der Waals surface area contributed by atoms with Crippen LogP contribution in [0, 0.1) is 0 Å². The predicted octanol–water partition coefficient (Wildman–Crippen LogP) is 1.44. The van der Waals surface area contributed by atoms with Crippen molar-refractivity contribution in [3.63, 3.8) is 0 Å². The van der Waals surface area contributed by atoms with Gasteiger partial charge in [0.1, 0.15) is 0 Å². The van der Waals surface area contributed by atoms with Gasteiger partial charge in [0.2, 0.25) is 0 Å². The molecule has 1 aromatic carbocycles. The second kappa shape index (κ2) is 4.51. The number of benzene rings is 1. The van der Waals surface area contributed by atoms with Crippen molar-refractivity contribution in [2.75, 3.05) is 11.9 Å². The van der Waals surface area contributed by atoms with E-state index in [1.165, 1.54) is 18.2 Å². The first-order chi connectivity index (χ1) is 8.38. The highest BCUT2D eigenvalue weighted by molar-refractivity contribution is 5.69. The van der Waals surface area contributed by atoms with Crippen LogP contribution in [0.3, 0.4) is 0 Å². The number of anilines is 1. The van der Waals surface area contributed by atoms with Gasteiger partial charge >= 0.3 is 6.18 Å². The van der Waals surface area contributed by atoms with E-state index >= 15 is 0 Å². The molecular formula is C12H11F3NO2-. The third kappa shape index (κ3) is 2.57. The van der Waals surface area contributed by atoms with Gasteiger partial charge in [0, 0.05) is 24.6 Å². The topological polar surface area (TPSA) is 52.2 Å². The first-order valence-corrected chi connectivity index (χ1v) is 5.51. The van der Waals surface area contributed by atoms with Crippen molar-refractivity contribution in [3.05, 3.63) is 29.3 Å². The molecule has 6 heteroatoms. The monoisotopic (exact) mass is 258 g/mol. The molecule has 98 valence electrons. The maximum atomic E-state index is 12.9. The molecule has 3 nitrogen and oxygen atoms in total. The minimum atomic E-state index is -4.31. The lowest BCUT2D eigenvalue weighted by atomic mass is 9.89. The maximum absolute atomic E-state index is 12.9. The molecule has 1 aliphatic heterocycles. The second-order valence-electron chi connectivity index (χ2n) is 4.28. The number of carbonyl (C=O) groups is 1. The maximum Gasteiger partial charge on any atom is 0.395 e. The number of carboxylic acids is 1. The van der Waals surface area contributed by atoms with Gasteiger partial charge in [-0.05, 0) is 23.6 Å². The molecule has 1 heterocycles. The van der Waals surface area contributed by atoms with E-state index in [-0.39, 0.29) is 24.9 Å². The molecular weight excluding hydrogens is 247 g/mol. The lowest BCUT2D eigenvalue weighted by molar-refractivity contribution is -0.304. The zero-order chi connectivity index (χ0) is 13.3. The summed E-state index contributed by atoms with van der Waals surface area (Å²) in [6, 6.07) is 4.29. The molecule has 0 radical (unpaired) electrons. The van der Waals surface area contributed by atoms with Gasteiger partial charge in [0.25, 0.3) is 0 Å². The minimum absolute atomic E-state index is 0.0364. The van der Waals surface area contributed by atoms with Crippen LogP contribution in [0.1, 0.15) is 23.5 Å². The molecule has 0 bridgehead atoms. The van der Waals surface area contributed by atoms with Gasteiger partial charge < -0.3 is 15.2 Å². The van der Waals surface area contributed by atoms with E-state index in [0.717, 1.165) is 0 Å². The van der Waals surface area contributed by atoms with E-state index < -0.39 is 18.1 Å². The van der Waals surface area contributed by atoms with Gasteiger partial charge in [-0.25, -0.2) is 0 Å². The first-order valence-electron chi connectivity index (χ1n) is 5.51.